The van der Waals surface area contributed by atoms with Crippen molar-refractivity contribution < 1.29 is 0 Å². The normalized spacial score (nSPS) is 13.3. The highest BCUT2D eigenvalue weighted by atomic mass is 32.2. The van der Waals surface area contributed by atoms with Crippen LogP contribution in [0.3, 0.4) is 0 Å². The van der Waals surface area contributed by atoms with Crippen molar-refractivity contribution in [3.63, 3.8) is 0 Å². The van der Waals surface area contributed by atoms with E-state index in [-0.39, 0.29) is 0 Å². The molecule has 0 heterocycles. The molecule has 0 N–H and O–H groups in total. The Kier molecular flexibility index (Phi) is 14.2. The largest absolute Gasteiger partial charge is 0.129 e. The van der Waals surface area contributed by atoms with E-state index in [4.69, 9.17) is 0 Å². The highest BCUT2D eigenvalue weighted by molar-refractivity contribution is 8.02. The molecule has 16 heavy (non-hydrogen) atoms. The molecule has 0 aliphatic heterocycles. The predicted molar refractivity (Wildman–Crippen MR) is 81.0 cm³/mol. The Bertz CT molecular complexity index is 244. The van der Waals surface area contributed by atoms with Crippen molar-refractivity contribution in [2.45, 2.75) is 54.4 Å². The van der Waals surface area contributed by atoms with Crippen LogP contribution in [0.25, 0.3) is 0 Å². The maximum Gasteiger partial charge on any atom is 0.0100 e. The van der Waals surface area contributed by atoms with Crippen LogP contribution < -0.4 is 0 Å². The molecule has 0 atom stereocenters. The van der Waals surface area contributed by atoms with Gasteiger partial charge in [-0.25, -0.2) is 0 Å². The lowest BCUT2D eigenvalue weighted by molar-refractivity contribution is 1.13. The summed E-state index contributed by atoms with van der Waals surface area (Å²) in [4.78, 5) is 1.40. The first-order chi connectivity index (χ1) is 7.69. The van der Waals surface area contributed by atoms with Gasteiger partial charge in [0.15, 0.2) is 0 Å². The van der Waals surface area contributed by atoms with Crippen LogP contribution in [0.2, 0.25) is 0 Å². The van der Waals surface area contributed by atoms with Gasteiger partial charge in [-0.15, -0.1) is 11.8 Å². The van der Waals surface area contributed by atoms with Gasteiger partial charge in [0.1, 0.15) is 0 Å². The van der Waals surface area contributed by atoms with Crippen LogP contribution >= 0.6 is 11.8 Å². The maximum atomic E-state index is 2.28. The van der Waals surface area contributed by atoms with Crippen molar-refractivity contribution in [3.05, 3.63) is 34.3 Å². The summed E-state index contributed by atoms with van der Waals surface area (Å²) in [5, 5.41) is 0. The van der Waals surface area contributed by atoms with E-state index in [1.54, 1.807) is 0 Å². The monoisotopic (exact) mass is 240 g/mol. The van der Waals surface area contributed by atoms with Gasteiger partial charge in [-0.3, -0.25) is 0 Å². The first kappa shape index (κ1) is 17.9. The van der Waals surface area contributed by atoms with Crippen molar-refractivity contribution in [2.24, 2.45) is 0 Å². The number of thioether (sulfide) groups is 1. The van der Waals surface area contributed by atoms with Gasteiger partial charge in [-0.1, -0.05) is 45.4 Å². The van der Waals surface area contributed by atoms with Gasteiger partial charge in [0.25, 0.3) is 0 Å². The van der Waals surface area contributed by atoms with Gasteiger partial charge < -0.3 is 0 Å². The second-order valence-electron chi connectivity index (χ2n) is 3.24. The Morgan fingerprint density at radius 3 is 2.06 bits per heavy atom. The molecular weight excluding hydrogens is 212 g/mol. The SMILES string of the molecule is CC.C\C=C(CC)/C(=C\C(C)=C/CC)SC. The Hall–Kier alpha value is -0.430. The molecule has 0 aliphatic carbocycles. The lowest BCUT2D eigenvalue weighted by Crippen LogP contribution is -1.84. The predicted octanol–water partition coefficient (Wildman–Crippen LogP) is 5.97. The van der Waals surface area contributed by atoms with Crippen LogP contribution in [-0.2, 0) is 0 Å². The third-order valence-electron chi connectivity index (χ3n) is 2.15. The molecule has 0 fully saturated rings. The van der Waals surface area contributed by atoms with Gasteiger partial charge in [0.2, 0.25) is 0 Å². The summed E-state index contributed by atoms with van der Waals surface area (Å²) in [5.41, 5.74) is 2.81. The lowest BCUT2D eigenvalue weighted by atomic mass is 10.1. The van der Waals surface area contributed by atoms with E-state index in [1.807, 2.05) is 25.6 Å². The van der Waals surface area contributed by atoms with Crippen LogP contribution in [0.1, 0.15) is 54.4 Å². The maximum absolute atomic E-state index is 2.28. The molecule has 0 unspecified atom stereocenters. The van der Waals surface area contributed by atoms with E-state index < -0.39 is 0 Å². The molecule has 0 rings (SSSR count). The fourth-order valence-corrected chi connectivity index (χ4v) is 2.22. The molecule has 1 heteroatoms. The number of hydrogen-bond acceptors (Lipinski definition) is 1. The first-order valence-corrected chi connectivity index (χ1v) is 7.50. The zero-order valence-electron chi connectivity index (χ0n) is 12.1. The van der Waals surface area contributed by atoms with Crippen molar-refractivity contribution in [2.75, 3.05) is 6.26 Å². The summed E-state index contributed by atoms with van der Waals surface area (Å²) in [6, 6.07) is 0. The topological polar surface area (TPSA) is 0 Å². The quantitative estimate of drug-likeness (QED) is 0.533. The minimum atomic E-state index is 1.11. The molecule has 0 radical (unpaired) electrons. The standard InChI is InChI=1S/C13H22S.C2H6/c1-6-9-11(4)10-13(14-5)12(7-2)8-3;1-2/h7,9-10H,6,8H2,1-5H3;1-2H3/b11-9-,12-7-,13-10+;. The molecule has 0 aliphatic rings. The summed E-state index contributed by atoms with van der Waals surface area (Å²) in [5.74, 6) is 0. The van der Waals surface area contributed by atoms with Crippen molar-refractivity contribution >= 4 is 11.8 Å². The number of hydrogen-bond donors (Lipinski definition) is 0. The smallest absolute Gasteiger partial charge is 0.0100 e. The van der Waals surface area contributed by atoms with E-state index >= 15 is 0 Å². The fourth-order valence-electron chi connectivity index (χ4n) is 1.39. The van der Waals surface area contributed by atoms with E-state index in [1.165, 1.54) is 16.1 Å². The zero-order chi connectivity index (χ0) is 13.0. The molecule has 0 aromatic rings. The molecule has 0 nitrogen and oxygen atoms in total. The summed E-state index contributed by atoms with van der Waals surface area (Å²) >= 11 is 1.83. The second kappa shape index (κ2) is 12.6. The molecule has 94 valence electrons. The average molecular weight is 240 g/mol. The van der Waals surface area contributed by atoms with Crippen LogP contribution in [0.4, 0.5) is 0 Å². The molecular formula is C15H28S. The fraction of sp³-hybridized carbons (Fsp3) is 0.600. The van der Waals surface area contributed by atoms with Crippen LogP contribution in [-0.4, -0.2) is 6.26 Å². The van der Waals surface area contributed by atoms with Gasteiger partial charge in [0.05, 0.1) is 0 Å². The third-order valence-corrected chi connectivity index (χ3v) is 2.97. The highest BCUT2D eigenvalue weighted by Crippen LogP contribution is 2.25. The van der Waals surface area contributed by atoms with Crippen LogP contribution in [0.5, 0.6) is 0 Å². The number of rotatable bonds is 5. The summed E-state index contributed by atoms with van der Waals surface area (Å²) in [7, 11) is 0. The molecule has 0 amide bonds. The average Bonchev–Trinajstić information content (AvgIpc) is 2.32. The Morgan fingerprint density at radius 1 is 1.19 bits per heavy atom. The molecule has 0 saturated carbocycles. The molecule has 0 aromatic heterocycles. The van der Waals surface area contributed by atoms with Gasteiger partial charge in [-0.2, -0.15) is 0 Å². The summed E-state index contributed by atoms with van der Waals surface area (Å²) < 4.78 is 0. The van der Waals surface area contributed by atoms with Gasteiger partial charge >= 0.3 is 0 Å². The van der Waals surface area contributed by atoms with E-state index in [9.17, 15) is 0 Å². The van der Waals surface area contributed by atoms with E-state index in [2.05, 4.69) is 52.2 Å². The molecule has 0 bridgehead atoms. The molecule has 0 spiro atoms. The number of allylic oxidation sites excluding steroid dienone is 5. The van der Waals surface area contributed by atoms with Crippen molar-refractivity contribution in [1.29, 1.82) is 0 Å². The molecule has 0 aromatic carbocycles. The highest BCUT2D eigenvalue weighted by Gasteiger charge is 2.00. The third kappa shape index (κ3) is 7.81. The van der Waals surface area contributed by atoms with Crippen LogP contribution in [0, 0.1) is 0 Å². The van der Waals surface area contributed by atoms with Gasteiger partial charge in [0, 0.05) is 4.91 Å². The minimum absolute atomic E-state index is 1.11. The Balaban J connectivity index is 0. The van der Waals surface area contributed by atoms with Gasteiger partial charge in [-0.05, 0) is 44.6 Å². The van der Waals surface area contributed by atoms with Crippen molar-refractivity contribution in [1.82, 2.24) is 0 Å². The Morgan fingerprint density at radius 2 is 1.75 bits per heavy atom. The zero-order valence-corrected chi connectivity index (χ0v) is 12.9. The summed E-state index contributed by atoms with van der Waals surface area (Å²) in [6.45, 7) is 12.7. The first-order valence-electron chi connectivity index (χ1n) is 6.27. The van der Waals surface area contributed by atoms with Crippen LogP contribution in [0.15, 0.2) is 34.3 Å². The summed E-state index contributed by atoms with van der Waals surface area (Å²) in [6.07, 6.45) is 11.1. The van der Waals surface area contributed by atoms with E-state index in [0.29, 0.717) is 0 Å². The lowest BCUT2D eigenvalue weighted by Gasteiger charge is -2.07. The molecule has 0 saturated heterocycles. The second-order valence-corrected chi connectivity index (χ2v) is 4.08. The Labute approximate surface area is 107 Å². The minimum Gasteiger partial charge on any atom is -0.129 e. The van der Waals surface area contributed by atoms with E-state index in [0.717, 1.165) is 12.8 Å². The van der Waals surface area contributed by atoms with Crippen molar-refractivity contribution in [3.8, 4) is 0 Å².